The summed E-state index contributed by atoms with van der Waals surface area (Å²) < 4.78 is 1.38. The molecule has 0 saturated carbocycles. The normalized spacial score (nSPS) is 10.3. The monoisotopic (exact) mass is 274 g/mol. The molecule has 0 aliphatic carbocycles. The topological polar surface area (TPSA) is 0 Å². The molecule has 1 aromatic rings. The van der Waals surface area contributed by atoms with E-state index in [1.807, 2.05) is 0 Å². The summed E-state index contributed by atoms with van der Waals surface area (Å²) in [6, 6.07) is 4.60. The summed E-state index contributed by atoms with van der Waals surface area (Å²) in [4.78, 5) is 0. The van der Waals surface area contributed by atoms with Crippen LogP contribution in [0.25, 0.3) is 0 Å². The highest BCUT2D eigenvalue weighted by molar-refractivity contribution is 14.1. The zero-order chi connectivity index (χ0) is 9.14. The highest BCUT2D eigenvalue weighted by Gasteiger charge is 2.00. The predicted octanol–water partition coefficient (Wildman–Crippen LogP) is 3.86. The second-order valence-electron chi connectivity index (χ2n) is 3.28. The lowest BCUT2D eigenvalue weighted by atomic mass is 10.0. The Kier molecular flexibility index (Phi) is 3.56. The molecule has 0 nitrogen and oxygen atoms in total. The van der Waals surface area contributed by atoms with Crippen LogP contribution in [0, 0.1) is 17.4 Å². The second-order valence-corrected chi connectivity index (χ2v) is 4.44. The van der Waals surface area contributed by atoms with E-state index in [1.165, 1.54) is 33.1 Å². The molecule has 66 valence electrons. The summed E-state index contributed by atoms with van der Waals surface area (Å²) in [6.45, 7) is 6.61. The lowest BCUT2D eigenvalue weighted by Gasteiger charge is -2.07. The molecule has 12 heavy (non-hydrogen) atoms. The molecule has 0 fully saturated rings. The molecule has 0 N–H and O–H groups in total. The van der Waals surface area contributed by atoms with Gasteiger partial charge in [-0.15, -0.1) is 0 Å². The van der Waals surface area contributed by atoms with E-state index < -0.39 is 0 Å². The Labute approximate surface area is 88.5 Å². The minimum atomic E-state index is 1.21. The Morgan fingerprint density at radius 3 is 2.42 bits per heavy atom. The maximum absolute atomic E-state index is 2.40. The summed E-state index contributed by atoms with van der Waals surface area (Å²) in [7, 11) is 0. The van der Waals surface area contributed by atoms with Gasteiger partial charge in [-0.2, -0.15) is 0 Å². The summed E-state index contributed by atoms with van der Waals surface area (Å²) in [5.41, 5.74) is 4.35. The number of rotatable bonds is 2. The molecule has 0 bridgehead atoms. The fourth-order valence-corrected chi connectivity index (χ4v) is 2.00. The third-order valence-corrected chi connectivity index (χ3v) is 3.30. The highest BCUT2D eigenvalue weighted by atomic mass is 127. The van der Waals surface area contributed by atoms with Gasteiger partial charge < -0.3 is 0 Å². The first kappa shape index (κ1) is 10.0. The first-order chi connectivity index (χ1) is 5.65. The number of aryl methyl sites for hydroxylation is 3. The standard InChI is InChI=1S/C11H15I/c1-4-5-10-6-9(3)11(12)7-8(10)2/h6-7H,4-5H2,1-3H3. The van der Waals surface area contributed by atoms with E-state index in [0.29, 0.717) is 0 Å². The maximum atomic E-state index is 2.40. The van der Waals surface area contributed by atoms with Gasteiger partial charge in [0, 0.05) is 3.57 Å². The summed E-state index contributed by atoms with van der Waals surface area (Å²) >= 11 is 2.40. The van der Waals surface area contributed by atoms with Gasteiger partial charge in [-0.1, -0.05) is 19.4 Å². The third-order valence-electron chi connectivity index (χ3n) is 2.14. The minimum Gasteiger partial charge on any atom is -0.0651 e. The van der Waals surface area contributed by atoms with Crippen LogP contribution in [0.2, 0.25) is 0 Å². The van der Waals surface area contributed by atoms with Crippen molar-refractivity contribution in [1.82, 2.24) is 0 Å². The summed E-state index contributed by atoms with van der Waals surface area (Å²) in [6.07, 6.45) is 2.45. The molecule has 0 aromatic heterocycles. The van der Waals surface area contributed by atoms with Crippen molar-refractivity contribution in [2.24, 2.45) is 0 Å². The average Bonchev–Trinajstić information content (AvgIpc) is 2.01. The van der Waals surface area contributed by atoms with E-state index in [0.717, 1.165) is 0 Å². The first-order valence-corrected chi connectivity index (χ1v) is 5.48. The molecule has 0 atom stereocenters. The van der Waals surface area contributed by atoms with Gasteiger partial charge in [0.1, 0.15) is 0 Å². The quantitative estimate of drug-likeness (QED) is 0.718. The van der Waals surface area contributed by atoms with Crippen molar-refractivity contribution in [3.8, 4) is 0 Å². The Hall–Kier alpha value is -0.0500. The molecule has 0 aliphatic heterocycles. The van der Waals surface area contributed by atoms with Crippen LogP contribution in [0.15, 0.2) is 12.1 Å². The molecule has 1 aromatic carbocycles. The van der Waals surface area contributed by atoms with Crippen LogP contribution in [0.3, 0.4) is 0 Å². The fourth-order valence-electron chi connectivity index (χ4n) is 1.38. The van der Waals surface area contributed by atoms with Gasteiger partial charge in [0.15, 0.2) is 0 Å². The second kappa shape index (κ2) is 4.26. The van der Waals surface area contributed by atoms with Gasteiger partial charge in [-0.3, -0.25) is 0 Å². The van der Waals surface area contributed by atoms with Crippen molar-refractivity contribution in [1.29, 1.82) is 0 Å². The third kappa shape index (κ3) is 2.22. The summed E-state index contributed by atoms with van der Waals surface area (Å²) in [5.74, 6) is 0. The van der Waals surface area contributed by atoms with Crippen molar-refractivity contribution in [3.05, 3.63) is 32.4 Å². The van der Waals surface area contributed by atoms with Gasteiger partial charge in [-0.25, -0.2) is 0 Å². The highest BCUT2D eigenvalue weighted by Crippen LogP contribution is 2.18. The smallest absolute Gasteiger partial charge is 0.0162 e. The largest absolute Gasteiger partial charge is 0.0651 e. The van der Waals surface area contributed by atoms with Crippen LogP contribution in [0.5, 0.6) is 0 Å². The SMILES string of the molecule is CCCc1cc(C)c(I)cc1C. The van der Waals surface area contributed by atoms with Crippen LogP contribution in [0.4, 0.5) is 0 Å². The molecule has 0 unspecified atom stereocenters. The minimum absolute atomic E-state index is 1.21. The lowest BCUT2D eigenvalue weighted by molar-refractivity contribution is 0.910. The predicted molar refractivity (Wildman–Crippen MR) is 62.6 cm³/mol. The van der Waals surface area contributed by atoms with Crippen LogP contribution in [-0.4, -0.2) is 0 Å². The van der Waals surface area contributed by atoms with Gasteiger partial charge >= 0.3 is 0 Å². The van der Waals surface area contributed by atoms with E-state index in [1.54, 1.807) is 0 Å². The molecule has 1 rings (SSSR count). The Bertz CT molecular complexity index is 277. The molecule has 0 heterocycles. The van der Waals surface area contributed by atoms with E-state index in [9.17, 15) is 0 Å². The van der Waals surface area contributed by atoms with E-state index in [2.05, 4.69) is 55.5 Å². The average molecular weight is 274 g/mol. The first-order valence-electron chi connectivity index (χ1n) is 4.40. The number of benzene rings is 1. The van der Waals surface area contributed by atoms with Crippen molar-refractivity contribution >= 4 is 22.6 Å². The number of halogens is 1. The Morgan fingerprint density at radius 1 is 1.17 bits per heavy atom. The van der Waals surface area contributed by atoms with Crippen LogP contribution < -0.4 is 0 Å². The van der Waals surface area contributed by atoms with Crippen molar-refractivity contribution in [2.75, 3.05) is 0 Å². The molecular weight excluding hydrogens is 259 g/mol. The number of hydrogen-bond acceptors (Lipinski definition) is 0. The Morgan fingerprint density at radius 2 is 1.83 bits per heavy atom. The molecular formula is C11H15I. The zero-order valence-corrected chi connectivity index (χ0v) is 10.1. The lowest BCUT2D eigenvalue weighted by Crippen LogP contribution is -1.92. The van der Waals surface area contributed by atoms with Crippen molar-refractivity contribution < 1.29 is 0 Å². The van der Waals surface area contributed by atoms with Crippen LogP contribution in [0.1, 0.15) is 30.0 Å². The van der Waals surface area contributed by atoms with Crippen molar-refractivity contribution in [2.45, 2.75) is 33.6 Å². The van der Waals surface area contributed by atoms with Gasteiger partial charge in [0.05, 0.1) is 0 Å². The van der Waals surface area contributed by atoms with E-state index >= 15 is 0 Å². The molecule has 0 spiro atoms. The van der Waals surface area contributed by atoms with Gasteiger partial charge in [-0.05, 0) is 65.6 Å². The number of hydrogen-bond donors (Lipinski definition) is 0. The summed E-state index contributed by atoms with van der Waals surface area (Å²) in [5, 5.41) is 0. The fraction of sp³-hybridized carbons (Fsp3) is 0.455. The molecule has 0 aliphatic rings. The molecule has 0 saturated heterocycles. The van der Waals surface area contributed by atoms with Gasteiger partial charge in [0.2, 0.25) is 0 Å². The molecule has 0 amide bonds. The zero-order valence-electron chi connectivity index (χ0n) is 7.95. The maximum Gasteiger partial charge on any atom is 0.0162 e. The van der Waals surface area contributed by atoms with Crippen LogP contribution >= 0.6 is 22.6 Å². The van der Waals surface area contributed by atoms with Crippen LogP contribution in [-0.2, 0) is 6.42 Å². The van der Waals surface area contributed by atoms with Gasteiger partial charge in [0.25, 0.3) is 0 Å². The van der Waals surface area contributed by atoms with Crippen molar-refractivity contribution in [3.63, 3.8) is 0 Å². The van der Waals surface area contributed by atoms with E-state index in [4.69, 9.17) is 0 Å². The molecule has 1 heteroatoms. The Balaban J connectivity index is 3.05. The molecule has 0 radical (unpaired) electrons. The van der Waals surface area contributed by atoms with E-state index in [-0.39, 0.29) is 0 Å².